The van der Waals surface area contributed by atoms with Crippen LogP contribution in [-0.2, 0) is 32.6 Å². The van der Waals surface area contributed by atoms with Gasteiger partial charge in [-0.2, -0.15) is 0 Å². The minimum atomic E-state index is -4.17. The van der Waals surface area contributed by atoms with E-state index in [0.29, 0.717) is 21.8 Å². The Balaban J connectivity index is 1.84. The van der Waals surface area contributed by atoms with E-state index < -0.39 is 34.1 Å². The third-order valence-corrected chi connectivity index (χ3v) is 9.25. The number of nitrogens with zero attached hydrogens (tertiary/aromatic N) is 2. The van der Waals surface area contributed by atoms with Crippen LogP contribution in [0.25, 0.3) is 0 Å². The van der Waals surface area contributed by atoms with Crippen molar-refractivity contribution in [2.75, 3.05) is 10.8 Å². The van der Waals surface area contributed by atoms with Gasteiger partial charge in [-0.15, -0.1) is 0 Å². The van der Waals surface area contributed by atoms with Gasteiger partial charge in [-0.3, -0.25) is 13.9 Å². The lowest BCUT2D eigenvalue weighted by Gasteiger charge is -2.35. The Morgan fingerprint density at radius 2 is 1.44 bits per heavy atom. The van der Waals surface area contributed by atoms with Gasteiger partial charge in [-0.1, -0.05) is 90.0 Å². The molecule has 7 nitrogen and oxygen atoms in total. The van der Waals surface area contributed by atoms with Crippen LogP contribution in [0, 0.1) is 13.8 Å². The fraction of sp³-hybridized carbons (Fsp3) is 0.278. The number of hydrogen-bond acceptors (Lipinski definition) is 4. The molecule has 9 heteroatoms. The standard InChI is InChI=1S/C36H40ClN3O4S/c1-26-19-20-32(27(2)21-26)40(45(43,44)31-17-10-7-11-18-31)25-34(41)39(24-29-15-12-16-30(37)22-29)33(35(42)38-36(3,4)5)23-28-13-8-6-9-14-28/h6-22,33H,23-25H2,1-5H3,(H,38,42). The molecule has 0 aliphatic heterocycles. The molecule has 0 fully saturated rings. The molecule has 0 heterocycles. The van der Waals surface area contributed by atoms with Crippen molar-refractivity contribution >= 4 is 39.1 Å². The van der Waals surface area contributed by atoms with Gasteiger partial charge in [0.1, 0.15) is 12.6 Å². The van der Waals surface area contributed by atoms with Crippen molar-refractivity contribution in [3.05, 3.63) is 130 Å². The van der Waals surface area contributed by atoms with E-state index in [0.717, 1.165) is 15.4 Å². The second-order valence-corrected chi connectivity index (χ2v) is 14.5. The smallest absolute Gasteiger partial charge is 0.264 e. The summed E-state index contributed by atoms with van der Waals surface area (Å²) in [6.07, 6.45) is 0.226. The molecule has 0 aromatic heterocycles. The Kier molecular flexibility index (Phi) is 10.7. The number of rotatable bonds is 11. The van der Waals surface area contributed by atoms with Crippen LogP contribution in [0.4, 0.5) is 5.69 Å². The highest BCUT2D eigenvalue weighted by molar-refractivity contribution is 7.92. The van der Waals surface area contributed by atoms with Gasteiger partial charge in [0.05, 0.1) is 10.6 Å². The Morgan fingerprint density at radius 1 is 0.822 bits per heavy atom. The van der Waals surface area contributed by atoms with Crippen molar-refractivity contribution in [2.45, 2.75) is 64.1 Å². The fourth-order valence-electron chi connectivity index (χ4n) is 5.16. The summed E-state index contributed by atoms with van der Waals surface area (Å²) in [5.41, 5.74) is 3.05. The average molecular weight is 646 g/mol. The van der Waals surface area contributed by atoms with E-state index >= 15 is 0 Å². The third-order valence-electron chi connectivity index (χ3n) is 7.24. The quantitative estimate of drug-likeness (QED) is 0.197. The van der Waals surface area contributed by atoms with Gasteiger partial charge in [0.25, 0.3) is 10.0 Å². The van der Waals surface area contributed by atoms with E-state index in [9.17, 15) is 18.0 Å². The molecule has 4 aromatic carbocycles. The highest BCUT2D eigenvalue weighted by Gasteiger charge is 2.36. The Bertz CT molecular complexity index is 1740. The first-order valence-electron chi connectivity index (χ1n) is 14.8. The molecule has 0 bridgehead atoms. The molecular weight excluding hydrogens is 606 g/mol. The average Bonchev–Trinajstić information content (AvgIpc) is 2.98. The highest BCUT2D eigenvalue weighted by Crippen LogP contribution is 2.28. The van der Waals surface area contributed by atoms with Crippen molar-refractivity contribution in [3.8, 4) is 0 Å². The lowest BCUT2D eigenvalue weighted by molar-refractivity contribution is -0.140. The van der Waals surface area contributed by atoms with Crippen molar-refractivity contribution in [3.63, 3.8) is 0 Å². The van der Waals surface area contributed by atoms with Crippen LogP contribution in [-0.4, -0.2) is 43.3 Å². The van der Waals surface area contributed by atoms with Gasteiger partial charge in [0.15, 0.2) is 0 Å². The number of nitrogens with one attached hydrogen (secondary N) is 1. The molecule has 4 aromatic rings. The number of amides is 2. The molecule has 0 spiro atoms. The fourth-order valence-corrected chi connectivity index (χ4v) is 6.87. The van der Waals surface area contributed by atoms with E-state index in [1.807, 2.05) is 83.1 Å². The number of benzene rings is 4. The molecule has 0 aliphatic carbocycles. The van der Waals surface area contributed by atoms with Gasteiger partial charge in [-0.05, 0) is 81.6 Å². The zero-order chi connectivity index (χ0) is 32.8. The summed E-state index contributed by atoms with van der Waals surface area (Å²) < 4.78 is 29.5. The predicted molar refractivity (Wildman–Crippen MR) is 181 cm³/mol. The lowest BCUT2D eigenvalue weighted by Crippen LogP contribution is -2.56. The van der Waals surface area contributed by atoms with Gasteiger partial charge in [0.2, 0.25) is 11.8 Å². The minimum Gasteiger partial charge on any atom is -0.350 e. The molecule has 4 rings (SSSR count). The molecule has 1 N–H and O–H groups in total. The second-order valence-electron chi connectivity index (χ2n) is 12.2. The van der Waals surface area contributed by atoms with E-state index in [2.05, 4.69) is 5.32 Å². The molecule has 236 valence electrons. The molecule has 1 unspecified atom stereocenters. The predicted octanol–water partition coefficient (Wildman–Crippen LogP) is 6.71. The summed E-state index contributed by atoms with van der Waals surface area (Å²) in [4.78, 5) is 30.1. The second kappa shape index (κ2) is 14.3. The first-order valence-corrected chi connectivity index (χ1v) is 16.6. The van der Waals surface area contributed by atoms with Crippen LogP contribution in [0.1, 0.15) is 43.0 Å². The zero-order valence-electron chi connectivity index (χ0n) is 26.3. The number of hydrogen-bond donors (Lipinski definition) is 1. The van der Waals surface area contributed by atoms with Crippen molar-refractivity contribution in [2.24, 2.45) is 0 Å². The summed E-state index contributed by atoms with van der Waals surface area (Å²) in [6, 6.07) is 29.1. The van der Waals surface area contributed by atoms with Crippen molar-refractivity contribution in [1.82, 2.24) is 10.2 Å². The molecule has 0 radical (unpaired) electrons. The highest BCUT2D eigenvalue weighted by atomic mass is 35.5. The first kappa shape index (κ1) is 33.7. The van der Waals surface area contributed by atoms with Gasteiger partial charge < -0.3 is 10.2 Å². The van der Waals surface area contributed by atoms with Crippen LogP contribution >= 0.6 is 11.6 Å². The summed E-state index contributed by atoms with van der Waals surface area (Å²) in [5, 5.41) is 3.53. The molecule has 0 saturated heterocycles. The van der Waals surface area contributed by atoms with Crippen LogP contribution in [0.3, 0.4) is 0 Å². The maximum Gasteiger partial charge on any atom is 0.264 e. The molecular formula is C36H40ClN3O4S. The Hall–Kier alpha value is -4.14. The van der Waals surface area contributed by atoms with Gasteiger partial charge in [-0.25, -0.2) is 8.42 Å². The third kappa shape index (κ3) is 8.96. The van der Waals surface area contributed by atoms with Crippen LogP contribution in [0.15, 0.2) is 108 Å². The topological polar surface area (TPSA) is 86.8 Å². The van der Waals surface area contributed by atoms with E-state index in [-0.39, 0.29) is 23.8 Å². The molecule has 2 amide bonds. The van der Waals surface area contributed by atoms with E-state index in [1.54, 1.807) is 42.5 Å². The monoisotopic (exact) mass is 645 g/mol. The number of aryl methyl sites for hydroxylation is 2. The summed E-state index contributed by atoms with van der Waals surface area (Å²) in [6.45, 7) is 8.90. The SMILES string of the molecule is Cc1ccc(N(CC(=O)N(Cc2cccc(Cl)c2)C(Cc2ccccc2)C(=O)NC(C)(C)C)S(=O)(=O)c2ccccc2)c(C)c1. The maximum atomic E-state index is 14.6. The van der Waals surface area contributed by atoms with Crippen LogP contribution < -0.4 is 9.62 Å². The summed E-state index contributed by atoms with van der Waals surface area (Å²) in [7, 11) is -4.17. The largest absolute Gasteiger partial charge is 0.350 e. The van der Waals surface area contributed by atoms with E-state index in [4.69, 9.17) is 11.6 Å². The normalized spacial score (nSPS) is 12.3. The van der Waals surface area contributed by atoms with Crippen molar-refractivity contribution < 1.29 is 18.0 Å². The summed E-state index contributed by atoms with van der Waals surface area (Å²) >= 11 is 6.32. The summed E-state index contributed by atoms with van der Waals surface area (Å²) in [5.74, 6) is -0.870. The Morgan fingerprint density at radius 3 is 2.04 bits per heavy atom. The zero-order valence-corrected chi connectivity index (χ0v) is 27.9. The minimum absolute atomic E-state index is 0.0422. The number of sulfonamides is 1. The molecule has 45 heavy (non-hydrogen) atoms. The Labute approximate surface area is 271 Å². The van der Waals surface area contributed by atoms with Crippen molar-refractivity contribution in [1.29, 1.82) is 0 Å². The first-order chi connectivity index (χ1) is 21.2. The molecule has 0 saturated carbocycles. The number of anilines is 1. The maximum absolute atomic E-state index is 14.6. The van der Waals surface area contributed by atoms with Crippen LogP contribution in [0.5, 0.6) is 0 Å². The van der Waals surface area contributed by atoms with E-state index in [1.165, 1.54) is 17.0 Å². The van der Waals surface area contributed by atoms with Gasteiger partial charge >= 0.3 is 0 Å². The van der Waals surface area contributed by atoms with Crippen LogP contribution in [0.2, 0.25) is 5.02 Å². The lowest BCUT2D eigenvalue weighted by atomic mass is 10.0. The van der Waals surface area contributed by atoms with Gasteiger partial charge in [0, 0.05) is 23.5 Å². The molecule has 1 atom stereocenters. The number of halogens is 1. The number of carbonyl (C=O) groups excluding carboxylic acids is 2. The molecule has 0 aliphatic rings. The number of carbonyl (C=O) groups is 2.